The van der Waals surface area contributed by atoms with E-state index in [-0.39, 0.29) is 5.60 Å². The van der Waals surface area contributed by atoms with Crippen LogP contribution in [-0.4, -0.2) is 5.60 Å². The molecular formula is C14H17O. The summed E-state index contributed by atoms with van der Waals surface area (Å²) >= 11 is 0. The van der Waals surface area contributed by atoms with Crippen molar-refractivity contribution in [1.82, 2.24) is 0 Å². The molecule has 0 amide bonds. The van der Waals surface area contributed by atoms with E-state index >= 15 is 0 Å². The molecule has 2 aliphatic rings. The molecule has 1 heterocycles. The molecule has 0 atom stereocenters. The molecule has 3 rings (SSSR count). The Bertz CT molecular complexity index is 350. The zero-order chi connectivity index (χ0) is 10.1. The average Bonchev–Trinajstić information content (AvgIpc) is 2.30. The lowest BCUT2D eigenvalue weighted by Crippen LogP contribution is -2.40. The van der Waals surface area contributed by atoms with Gasteiger partial charge in [-0.3, -0.25) is 0 Å². The molecule has 1 nitrogen and oxygen atoms in total. The van der Waals surface area contributed by atoms with Crippen LogP contribution in [0.3, 0.4) is 0 Å². The molecule has 1 aromatic rings. The molecule has 0 saturated heterocycles. The van der Waals surface area contributed by atoms with Crippen molar-refractivity contribution in [2.75, 3.05) is 0 Å². The minimum Gasteiger partial charge on any atom is -0.487 e. The van der Waals surface area contributed by atoms with Crippen molar-refractivity contribution in [2.45, 2.75) is 44.1 Å². The monoisotopic (exact) mass is 201 g/mol. The molecule has 0 aromatic heterocycles. The maximum Gasteiger partial charge on any atom is 0.123 e. The highest BCUT2D eigenvalue weighted by molar-refractivity contribution is 5.41. The molecule has 0 unspecified atom stereocenters. The Balaban J connectivity index is 1.87. The van der Waals surface area contributed by atoms with E-state index in [4.69, 9.17) is 4.74 Å². The van der Waals surface area contributed by atoms with Gasteiger partial charge in [-0.05, 0) is 50.2 Å². The molecule has 1 radical (unpaired) electrons. The highest BCUT2D eigenvalue weighted by Crippen LogP contribution is 2.42. The van der Waals surface area contributed by atoms with Crippen LogP contribution in [0.5, 0.6) is 5.75 Å². The van der Waals surface area contributed by atoms with Gasteiger partial charge < -0.3 is 4.74 Å². The fourth-order valence-corrected chi connectivity index (χ4v) is 2.82. The lowest BCUT2D eigenvalue weighted by Gasteiger charge is -2.41. The number of para-hydroxylation sites is 1. The predicted octanol–water partition coefficient (Wildman–Crippen LogP) is 3.72. The first-order valence-corrected chi connectivity index (χ1v) is 5.99. The smallest absolute Gasteiger partial charge is 0.123 e. The summed E-state index contributed by atoms with van der Waals surface area (Å²) in [5, 5.41) is 0. The van der Waals surface area contributed by atoms with Gasteiger partial charge in [-0.1, -0.05) is 24.6 Å². The van der Waals surface area contributed by atoms with E-state index in [9.17, 15) is 0 Å². The van der Waals surface area contributed by atoms with E-state index in [1.54, 1.807) is 0 Å². The summed E-state index contributed by atoms with van der Waals surface area (Å²) in [4.78, 5) is 0. The fourth-order valence-electron chi connectivity index (χ4n) is 2.82. The number of hydrogen-bond donors (Lipinski definition) is 0. The second-order valence-corrected chi connectivity index (χ2v) is 4.79. The second-order valence-electron chi connectivity index (χ2n) is 4.79. The Hall–Kier alpha value is -0.980. The van der Waals surface area contributed by atoms with Gasteiger partial charge in [0.25, 0.3) is 0 Å². The van der Waals surface area contributed by atoms with Crippen molar-refractivity contribution in [3.8, 4) is 5.75 Å². The van der Waals surface area contributed by atoms with Gasteiger partial charge in [-0.15, -0.1) is 0 Å². The summed E-state index contributed by atoms with van der Waals surface area (Å²) < 4.78 is 6.23. The van der Waals surface area contributed by atoms with Gasteiger partial charge in [0.2, 0.25) is 0 Å². The van der Waals surface area contributed by atoms with Crippen molar-refractivity contribution in [3.63, 3.8) is 0 Å². The van der Waals surface area contributed by atoms with E-state index < -0.39 is 0 Å². The third kappa shape index (κ3) is 1.64. The van der Waals surface area contributed by atoms with Crippen LogP contribution in [0.15, 0.2) is 24.3 Å². The Morgan fingerprint density at radius 1 is 1.00 bits per heavy atom. The number of fused-ring (bicyclic) bond motifs is 1. The first-order chi connectivity index (χ1) is 7.38. The highest BCUT2D eigenvalue weighted by atomic mass is 16.5. The highest BCUT2D eigenvalue weighted by Gasteiger charge is 2.37. The molecule has 79 valence electrons. The quantitative estimate of drug-likeness (QED) is 0.621. The SMILES string of the molecule is [CH]1CC2(CCCCC2)Oc2ccccc21. The molecule has 1 aliphatic heterocycles. The van der Waals surface area contributed by atoms with Crippen LogP contribution in [0.2, 0.25) is 0 Å². The van der Waals surface area contributed by atoms with Crippen molar-refractivity contribution in [3.05, 3.63) is 36.2 Å². The molecule has 15 heavy (non-hydrogen) atoms. The second kappa shape index (κ2) is 3.55. The molecule has 1 spiro atoms. The number of benzene rings is 1. The third-order valence-corrected chi connectivity index (χ3v) is 3.70. The van der Waals surface area contributed by atoms with Crippen molar-refractivity contribution in [1.29, 1.82) is 0 Å². The van der Waals surface area contributed by atoms with Gasteiger partial charge >= 0.3 is 0 Å². The van der Waals surface area contributed by atoms with Crippen LogP contribution < -0.4 is 4.74 Å². The molecule has 0 N–H and O–H groups in total. The van der Waals surface area contributed by atoms with Crippen LogP contribution in [0.25, 0.3) is 0 Å². The first-order valence-electron chi connectivity index (χ1n) is 5.99. The zero-order valence-electron chi connectivity index (χ0n) is 9.04. The van der Waals surface area contributed by atoms with Crippen LogP contribution in [0, 0.1) is 6.42 Å². The summed E-state index contributed by atoms with van der Waals surface area (Å²) in [7, 11) is 0. The summed E-state index contributed by atoms with van der Waals surface area (Å²) in [6.07, 6.45) is 9.96. The van der Waals surface area contributed by atoms with Crippen molar-refractivity contribution in [2.24, 2.45) is 0 Å². The summed E-state index contributed by atoms with van der Waals surface area (Å²) in [5.41, 5.74) is 1.42. The summed E-state index contributed by atoms with van der Waals surface area (Å²) in [5.74, 6) is 1.09. The Morgan fingerprint density at radius 3 is 2.67 bits per heavy atom. The summed E-state index contributed by atoms with van der Waals surface area (Å²) in [6.45, 7) is 0. The standard InChI is InChI=1S/C14H17O/c1-4-9-14(10-5-1)11-8-12-6-2-3-7-13(12)15-14/h2-3,6-8H,1,4-5,9-11H2. The minimum atomic E-state index is 0.145. The number of rotatable bonds is 0. The molecule has 1 saturated carbocycles. The van der Waals surface area contributed by atoms with Gasteiger partial charge in [0.1, 0.15) is 11.4 Å². The Morgan fingerprint density at radius 2 is 1.80 bits per heavy atom. The van der Waals surface area contributed by atoms with Crippen molar-refractivity contribution < 1.29 is 4.74 Å². The molecular weight excluding hydrogens is 184 g/mol. The van der Waals surface area contributed by atoms with E-state index in [0.29, 0.717) is 0 Å². The molecule has 0 bridgehead atoms. The number of hydrogen-bond acceptors (Lipinski definition) is 1. The lowest BCUT2D eigenvalue weighted by molar-refractivity contribution is 0.0220. The Labute approximate surface area is 91.5 Å². The largest absolute Gasteiger partial charge is 0.487 e. The van der Waals surface area contributed by atoms with E-state index in [1.807, 2.05) is 0 Å². The van der Waals surface area contributed by atoms with Crippen LogP contribution in [-0.2, 0) is 0 Å². The molecule has 1 aliphatic carbocycles. The number of ether oxygens (including phenoxy) is 1. The lowest BCUT2D eigenvalue weighted by atomic mass is 9.79. The van der Waals surface area contributed by atoms with Crippen LogP contribution >= 0.6 is 0 Å². The maximum atomic E-state index is 6.23. The maximum absolute atomic E-state index is 6.23. The van der Waals surface area contributed by atoms with E-state index in [2.05, 4.69) is 30.7 Å². The van der Waals surface area contributed by atoms with Gasteiger partial charge in [0.05, 0.1) is 0 Å². The van der Waals surface area contributed by atoms with E-state index in [0.717, 1.165) is 12.2 Å². The van der Waals surface area contributed by atoms with Crippen LogP contribution in [0.1, 0.15) is 44.1 Å². The normalized spacial score (nSPS) is 23.2. The van der Waals surface area contributed by atoms with Gasteiger partial charge in [-0.25, -0.2) is 0 Å². The summed E-state index contributed by atoms with van der Waals surface area (Å²) in [6, 6.07) is 8.39. The van der Waals surface area contributed by atoms with E-state index in [1.165, 1.54) is 37.7 Å². The molecule has 1 heteroatoms. The van der Waals surface area contributed by atoms with Crippen LogP contribution in [0.4, 0.5) is 0 Å². The van der Waals surface area contributed by atoms with Gasteiger partial charge in [-0.2, -0.15) is 0 Å². The van der Waals surface area contributed by atoms with Gasteiger partial charge in [0.15, 0.2) is 0 Å². The van der Waals surface area contributed by atoms with Crippen molar-refractivity contribution >= 4 is 0 Å². The average molecular weight is 201 g/mol. The van der Waals surface area contributed by atoms with Gasteiger partial charge in [0, 0.05) is 0 Å². The minimum absolute atomic E-state index is 0.145. The fraction of sp³-hybridized carbons (Fsp3) is 0.500. The predicted molar refractivity (Wildman–Crippen MR) is 60.9 cm³/mol. The third-order valence-electron chi connectivity index (χ3n) is 3.70. The topological polar surface area (TPSA) is 9.23 Å². The molecule has 1 aromatic carbocycles. The zero-order valence-corrected chi connectivity index (χ0v) is 9.04. The Kier molecular flexibility index (Phi) is 2.19. The first kappa shape index (κ1) is 9.26. The molecule has 1 fully saturated rings.